The highest BCUT2D eigenvalue weighted by molar-refractivity contribution is 6.05. The molecule has 2 aliphatic rings. The number of amides is 5. The summed E-state index contributed by atoms with van der Waals surface area (Å²) < 4.78 is 15.2. The third-order valence-electron chi connectivity index (χ3n) is 6.88. The van der Waals surface area contributed by atoms with E-state index in [9.17, 15) is 19.2 Å². The Bertz CT molecular complexity index is 1610. The Morgan fingerprint density at radius 3 is 2.67 bits per heavy atom. The molecule has 3 N–H and O–H groups in total. The van der Waals surface area contributed by atoms with Crippen LogP contribution in [0.25, 0.3) is 11.1 Å². The number of piperidine rings is 1. The summed E-state index contributed by atoms with van der Waals surface area (Å²) in [5.41, 5.74) is 1.31. The van der Waals surface area contributed by atoms with E-state index in [0.29, 0.717) is 27.9 Å². The highest BCUT2D eigenvalue weighted by atomic mass is 19.1. The molecule has 1 atom stereocenters. The van der Waals surface area contributed by atoms with Crippen LogP contribution in [0.15, 0.2) is 48.8 Å². The molecule has 3 aromatic rings. The molecule has 0 saturated carbocycles. The van der Waals surface area contributed by atoms with Crippen LogP contribution >= 0.6 is 0 Å². The maximum absolute atomic E-state index is 15.2. The summed E-state index contributed by atoms with van der Waals surface area (Å²) in [6, 6.07) is 9.76. The first-order valence-corrected chi connectivity index (χ1v) is 12.4. The van der Waals surface area contributed by atoms with Gasteiger partial charge in [0.2, 0.25) is 11.8 Å². The minimum absolute atomic E-state index is 0.0629. The van der Waals surface area contributed by atoms with Crippen LogP contribution in [-0.2, 0) is 21.7 Å². The van der Waals surface area contributed by atoms with Gasteiger partial charge in [-0.3, -0.25) is 30.0 Å². The number of halogens is 1. The highest BCUT2D eigenvalue weighted by Crippen LogP contribution is 2.29. The Hall–Kier alpha value is -5.18. The van der Waals surface area contributed by atoms with E-state index in [1.807, 2.05) is 6.07 Å². The number of imide groups is 1. The molecule has 1 aromatic carbocycles. The van der Waals surface area contributed by atoms with Gasteiger partial charge in [-0.1, -0.05) is 12.1 Å². The number of fused-ring (bicyclic) bond motifs is 1. The maximum Gasteiger partial charge on any atom is 0.321 e. The van der Waals surface area contributed by atoms with Crippen molar-refractivity contribution in [2.75, 3.05) is 5.32 Å². The fraction of sp³-hybridized carbons (Fsp3) is 0.250. The first kappa shape index (κ1) is 26.4. The Labute approximate surface area is 228 Å². The van der Waals surface area contributed by atoms with E-state index < -0.39 is 29.3 Å². The predicted molar refractivity (Wildman–Crippen MR) is 140 cm³/mol. The summed E-state index contributed by atoms with van der Waals surface area (Å²) in [5.74, 6) is -1.64. The summed E-state index contributed by atoms with van der Waals surface area (Å²) in [5, 5.41) is 16.7. The second-order valence-electron chi connectivity index (χ2n) is 10.1. The number of aromatic nitrogens is 2. The number of rotatable bonds is 5. The Balaban J connectivity index is 1.27. The van der Waals surface area contributed by atoms with Crippen molar-refractivity contribution < 1.29 is 23.6 Å². The fourth-order valence-electron chi connectivity index (χ4n) is 4.86. The van der Waals surface area contributed by atoms with Crippen LogP contribution in [0, 0.1) is 17.1 Å². The van der Waals surface area contributed by atoms with E-state index in [4.69, 9.17) is 5.26 Å². The van der Waals surface area contributed by atoms with Gasteiger partial charge in [-0.25, -0.2) is 14.2 Å². The van der Waals surface area contributed by atoms with Gasteiger partial charge in [-0.2, -0.15) is 5.26 Å². The molecular weight excluding hydrogens is 517 g/mol. The van der Waals surface area contributed by atoms with E-state index in [-0.39, 0.29) is 42.6 Å². The van der Waals surface area contributed by atoms with Gasteiger partial charge in [-0.05, 0) is 50.1 Å². The molecule has 0 radical (unpaired) electrons. The van der Waals surface area contributed by atoms with Crippen LogP contribution in [0.4, 0.5) is 15.0 Å². The average molecular weight is 542 g/mol. The Kier molecular flexibility index (Phi) is 6.73. The normalized spacial score (nSPS) is 16.7. The standard InChI is InChI=1S/C28H24FN7O4/c1-28(2,19-5-3-16(10-20(19)29)17-9-15(11-30)12-31-13-17)35-27(40)33-23-7-4-18-21(32-23)14-36(26(18)39)22-6-8-24(37)34-25(22)38/h3-5,7,9-10,12-13,22H,6,8,14H2,1-2H3,(H,34,37,38)(H2,32,33,35,40). The number of hydrogen-bond acceptors (Lipinski definition) is 7. The quantitative estimate of drug-likeness (QED) is 0.419. The zero-order chi connectivity index (χ0) is 28.6. The number of nitrogens with zero attached hydrogens (tertiary/aromatic N) is 4. The van der Waals surface area contributed by atoms with Crippen LogP contribution in [0.2, 0.25) is 0 Å². The number of hydrogen-bond donors (Lipinski definition) is 3. The van der Waals surface area contributed by atoms with E-state index in [0.717, 1.165) is 0 Å². The molecule has 0 aliphatic carbocycles. The molecular formula is C28H24FN7O4. The van der Waals surface area contributed by atoms with Gasteiger partial charge in [-0.15, -0.1) is 0 Å². The lowest BCUT2D eigenvalue weighted by atomic mass is 9.92. The molecule has 5 rings (SSSR count). The SMILES string of the molecule is CC(C)(NC(=O)Nc1ccc2c(n1)CN(C1CCC(=O)NC1=O)C2=O)c1ccc(-c2cncc(C#N)c2)cc1F. The largest absolute Gasteiger partial charge is 0.329 e. The molecule has 0 bridgehead atoms. The lowest BCUT2D eigenvalue weighted by Gasteiger charge is -2.29. The van der Waals surface area contributed by atoms with Crippen molar-refractivity contribution >= 4 is 29.6 Å². The number of carbonyl (C=O) groups excluding carboxylic acids is 4. The lowest BCUT2D eigenvalue weighted by Crippen LogP contribution is -2.52. The zero-order valence-corrected chi connectivity index (χ0v) is 21.6. The molecule has 2 aromatic heterocycles. The van der Waals surface area contributed by atoms with E-state index in [1.165, 1.54) is 35.5 Å². The number of nitrogens with one attached hydrogen (secondary N) is 3. The predicted octanol–water partition coefficient (Wildman–Crippen LogP) is 2.97. The van der Waals surface area contributed by atoms with Crippen molar-refractivity contribution in [3.63, 3.8) is 0 Å². The first-order valence-electron chi connectivity index (χ1n) is 12.4. The van der Waals surface area contributed by atoms with E-state index >= 15 is 4.39 Å². The monoisotopic (exact) mass is 541 g/mol. The zero-order valence-electron chi connectivity index (χ0n) is 21.6. The summed E-state index contributed by atoms with van der Waals surface area (Å²) in [7, 11) is 0. The second-order valence-corrected chi connectivity index (χ2v) is 10.1. The van der Waals surface area contributed by atoms with Crippen molar-refractivity contribution in [3.05, 3.63) is 77.0 Å². The Morgan fingerprint density at radius 2 is 1.95 bits per heavy atom. The van der Waals surface area contributed by atoms with Crippen LogP contribution in [0.3, 0.4) is 0 Å². The molecule has 5 amide bonds. The van der Waals surface area contributed by atoms with Gasteiger partial charge in [0.1, 0.15) is 23.7 Å². The van der Waals surface area contributed by atoms with Gasteiger partial charge in [0.15, 0.2) is 0 Å². The van der Waals surface area contributed by atoms with E-state index in [1.54, 1.807) is 32.0 Å². The number of benzene rings is 1. The van der Waals surface area contributed by atoms with Gasteiger partial charge in [0, 0.05) is 29.9 Å². The van der Waals surface area contributed by atoms with Crippen molar-refractivity contribution in [3.8, 4) is 17.2 Å². The maximum atomic E-state index is 15.2. The molecule has 1 saturated heterocycles. The molecule has 0 spiro atoms. The molecule has 12 heteroatoms. The van der Waals surface area contributed by atoms with Crippen LogP contribution in [-0.4, -0.2) is 44.7 Å². The number of pyridine rings is 2. The van der Waals surface area contributed by atoms with Gasteiger partial charge in [0.25, 0.3) is 5.91 Å². The van der Waals surface area contributed by atoms with Crippen molar-refractivity contribution in [2.45, 2.75) is 44.8 Å². The number of nitriles is 1. The lowest BCUT2D eigenvalue weighted by molar-refractivity contribution is -0.136. The fourth-order valence-corrected chi connectivity index (χ4v) is 4.86. The molecule has 11 nitrogen and oxygen atoms in total. The van der Waals surface area contributed by atoms with Crippen molar-refractivity contribution in [2.24, 2.45) is 0 Å². The minimum atomic E-state index is -1.12. The number of carbonyl (C=O) groups is 4. The first-order chi connectivity index (χ1) is 19.1. The van der Waals surface area contributed by atoms with Crippen LogP contribution < -0.4 is 16.0 Å². The number of anilines is 1. The van der Waals surface area contributed by atoms with E-state index in [2.05, 4.69) is 25.9 Å². The molecule has 40 heavy (non-hydrogen) atoms. The third kappa shape index (κ3) is 5.09. The molecule has 1 fully saturated rings. The summed E-state index contributed by atoms with van der Waals surface area (Å²) in [6.07, 6.45) is 3.32. The summed E-state index contributed by atoms with van der Waals surface area (Å²) >= 11 is 0. The number of urea groups is 1. The highest BCUT2D eigenvalue weighted by Gasteiger charge is 2.40. The van der Waals surface area contributed by atoms with Crippen molar-refractivity contribution in [1.82, 2.24) is 25.5 Å². The second kappa shape index (κ2) is 10.2. The summed E-state index contributed by atoms with van der Waals surface area (Å²) in [6.45, 7) is 3.36. The summed E-state index contributed by atoms with van der Waals surface area (Å²) in [4.78, 5) is 59.1. The van der Waals surface area contributed by atoms with Gasteiger partial charge < -0.3 is 10.2 Å². The average Bonchev–Trinajstić information content (AvgIpc) is 3.23. The topological polar surface area (TPSA) is 157 Å². The third-order valence-corrected chi connectivity index (χ3v) is 6.88. The molecule has 202 valence electrons. The van der Waals surface area contributed by atoms with Gasteiger partial charge >= 0.3 is 6.03 Å². The van der Waals surface area contributed by atoms with Crippen molar-refractivity contribution in [1.29, 1.82) is 5.26 Å². The molecule has 4 heterocycles. The minimum Gasteiger partial charge on any atom is -0.329 e. The van der Waals surface area contributed by atoms with Gasteiger partial charge in [0.05, 0.1) is 28.9 Å². The molecule has 2 aliphatic heterocycles. The Morgan fingerprint density at radius 1 is 1.15 bits per heavy atom. The van der Waals surface area contributed by atoms with Crippen LogP contribution in [0.5, 0.6) is 0 Å². The smallest absolute Gasteiger partial charge is 0.321 e. The molecule has 1 unspecified atom stereocenters. The van der Waals surface area contributed by atoms with Crippen LogP contribution in [0.1, 0.15) is 53.9 Å².